The number of methoxy groups -OCH3 is 1. The molecule has 5 nitrogen and oxygen atoms in total. The first-order valence-corrected chi connectivity index (χ1v) is 12.8. The summed E-state index contributed by atoms with van der Waals surface area (Å²) in [6.45, 7) is 3.94. The van der Waals surface area contributed by atoms with Crippen molar-refractivity contribution in [3.8, 4) is 17.6 Å². The van der Waals surface area contributed by atoms with Crippen LogP contribution in [0.5, 0.6) is 11.5 Å². The number of fused-ring (bicyclic) bond motifs is 4. The molecule has 2 heterocycles. The molecule has 4 aromatic carbocycles. The van der Waals surface area contributed by atoms with Crippen molar-refractivity contribution >= 4 is 40.0 Å². The molecule has 10 heteroatoms. The minimum atomic E-state index is -2.31. The summed E-state index contributed by atoms with van der Waals surface area (Å²) in [5.74, 6) is -9.99. The highest BCUT2D eigenvalue weighted by atomic mass is 19.2. The summed E-state index contributed by atoms with van der Waals surface area (Å²) in [4.78, 5) is 6.73. The van der Waals surface area contributed by atoms with Crippen molar-refractivity contribution in [3.63, 3.8) is 0 Å². The molecule has 2 aliphatic heterocycles. The molecule has 1 spiro atoms. The number of aliphatic imine (C=N–C) groups is 1. The van der Waals surface area contributed by atoms with E-state index in [1.165, 1.54) is 0 Å². The minimum absolute atomic E-state index is 0.165. The summed E-state index contributed by atoms with van der Waals surface area (Å²) in [6.07, 6.45) is 2.74. The summed E-state index contributed by atoms with van der Waals surface area (Å²) in [6, 6.07) is 16.0. The number of halogens is 5. The summed E-state index contributed by atoms with van der Waals surface area (Å²) in [5, 5.41) is 11.2. The number of nitrogens with zero attached hydrogens (tertiary/aromatic N) is 3. The number of anilines is 1. The van der Waals surface area contributed by atoms with E-state index in [1.54, 1.807) is 43.7 Å². The number of likely N-dealkylation sites (N-methyl/N-ethyl adjacent to an activating group) is 1. The van der Waals surface area contributed by atoms with Crippen LogP contribution in [-0.2, 0) is 5.41 Å². The third-order valence-electron chi connectivity index (χ3n) is 8.16. The van der Waals surface area contributed by atoms with E-state index in [1.807, 2.05) is 50.1 Å². The second kappa shape index (κ2) is 9.31. The maximum atomic E-state index is 14.8. The first kappa shape index (κ1) is 27.3. The van der Waals surface area contributed by atoms with Crippen LogP contribution in [0.25, 0.3) is 22.4 Å². The van der Waals surface area contributed by atoms with Crippen molar-refractivity contribution in [2.45, 2.75) is 25.0 Å². The predicted octanol–water partition coefficient (Wildman–Crippen LogP) is 7.83. The molecule has 42 heavy (non-hydrogen) atoms. The van der Waals surface area contributed by atoms with Gasteiger partial charge in [0, 0.05) is 23.7 Å². The highest BCUT2D eigenvalue weighted by Crippen LogP contribution is 2.56. The standard InChI is InChI=1S/C32H22F5N3O2/c1-31(2)21-13-19(41-4)9-10-22(21)40(3)32(31)15-39-29-20-8-6-5-7-16(20)11-17(30(29)42-32)12-18(14-38)23-24(33)26(35)28(37)27(36)25(23)34/h5-13,15H,1-4H3. The Balaban J connectivity index is 1.60. The lowest BCUT2D eigenvalue weighted by Gasteiger charge is -2.45. The average Bonchev–Trinajstić information content (AvgIpc) is 3.15. The van der Waals surface area contributed by atoms with Gasteiger partial charge in [-0.2, -0.15) is 5.26 Å². The van der Waals surface area contributed by atoms with Gasteiger partial charge < -0.3 is 14.4 Å². The van der Waals surface area contributed by atoms with Crippen molar-refractivity contribution in [2.75, 3.05) is 19.1 Å². The second-order valence-corrected chi connectivity index (χ2v) is 10.6. The maximum Gasteiger partial charge on any atom is 0.228 e. The van der Waals surface area contributed by atoms with Crippen LogP contribution in [0.15, 0.2) is 53.5 Å². The fraction of sp³-hybridized carbons (Fsp3) is 0.188. The topological polar surface area (TPSA) is 57.9 Å². The smallest absolute Gasteiger partial charge is 0.228 e. The number of hydrogen-bond donors (Lipinski definition) is 0. The Morgan fingerprint density at radius 1 is 0.976 bits per heavy atom. The van der Waals surface area contributed by atoms with Gasteiger partial charge in [-0.1, -0.05) is 24.3 Å². The molecule has 0 aliphatic carbocycles. The Kier molecular flexibility index (Phi) is 6.04. The van der Waals surface area contributed by atoms with Crippen molar-refractivity contribution in [3.05, 3.63) is 94.3 Å². The van der Waals surface area contributed by atoms with E-state index in [0.717, 1.165) is 17.3 Å². The first-order valence-electron chi connectivity index (χ1n) is 12.8. The van der Waals surface area contributed by atoms with Gasteiger partial charge in [0.05, 0.1) is 35.9 Å². The molecule has 0 aromatic heterocycles. The monoisotopic (exact) mass is 575 g/mol. The molecule has 1 unspecified atom stereocenters. The molecular weight excluding hydrogens is 553 g/mol. The predicted molar refractivity (Wildman–Crippen MR) is 150 cm³/mol. The van der Waals surface area contributed by atoms with Gasteiger partial charge in [0.15, 0.2) is 29.0 Å². The number of hydrogen-bond acceptors (Lipinski definition) is 5. The van der Waals surface area contributed by atoms with Crippen molar-refractivity contribution < 1.29 is 31.4 Å². The number of allylic oxidation sites excluding steroid dienone is 1. The Bertz CT molecular complexity index is 1900. The molecule has 4 aromatic rings. The van der Waals surface area contributed by atoms with Gasteiger partial charge in [0.2, 0.25) is 11.5 Å². The van der Waals surface area contributed by atoms with Gasteiger partial charge in [0.25, 0.3) is 0 Å². The van der Waals surface area contributed by atoms with Crippen LogP contribution in [-0.4, -0.2) is 26.1 Å². The van der Waals surface area contributed by atoms with Crippen LogP contribution in [0.4, 0.5) is 33.3 Å². The molecule has 0 saturated heterocycles. The number of ether oxygens (including phenoxy) is 2. The van der Waals surface area contributed by atoms with Gasteiger partial charge in [0.1, 0.15) is 11.4 Å². The highest BCUT2D eigenvalue weighted by Gasteiger charge is 2.59. The summed E-state index contributed by atoms with van der Waals surface area (Å²) in [7, 11) is 3.40. The average molecular weight is 576 g/mol. The van der Waals surface area contributed by atoms with E-state index < -0.39 is 51.4 Å². The zero-order valence-electron chi connectivity index (χ0n) is 22.8. The van der Waals surface area contributed by atoms with E-state index in [0.29, 0.717) is 22.2 Å². The third kappa shape index (κ3) is 3.56. The molecule has 0 N–H and O–H groups in total. The van der Waals surface area contributed by atoms with E-state index in [2.05, 4.69) is 0 Å². The largest absolute Gasteiger partial charge is 0.497 e. The molecule has 0 fully saturated rings. The summed E-state index contributed by atoms with van der Waals surface area (Å²) in [5.41, 5.74) is -1.71. The van der Waals surface area contributed by atoms with E-state index in [-0.39, 0.29) is 11.3 Å². The fourth-order valence-corrected chi connectivity index (χ4v) is 5.83. The Hall–Kier alpha value is -4.91. The fourth-order valence-electron chi connectivity index (χ4n) is 5.83. The molecule has 0 saturated carbocycles. The Morgan fingerprint density at radius 3 is 2.31 bits per heavy atom. The van der Waals surface area contributed by atoms with Gasteiger partial charge >= 0.3 is 0 Å². The normalized spacial score (nSPS) is 18.6. The van der Waals surface area contributed by atoms with Gasteiger partial charge in [-0.15, -0.1) is 0 Å². The van der Waals surface area contributed by atoms with Crippen LogP contribution < -0.4 is 14.4 Å². The van der Waals surface area contributed by atoms with Crippen LogP contribution in [0.1, 0.15) is 30.5 Å². The third-order valence-corrected chi connectivity index (χ3v) is 8.16. The second-order valence-electron chi connectivity index (χ2n) is 10.6. The Morgan fingerprint density at radius 2 is 1.64 bits per heavy atom. The van der Waals surface area contributed by atoms with Gasteiger partial charge in [-0.25, -0.2) is 22.0 Å². The number of rotatable bonds is 3. The quantitative estimate of drug-likeness (QED) is 0.0822. The van der Waals surface area contributed by atoms with Crippen LogP contribution >= 0.6 is 0 Å². The summed E-state index contributed by atoms with van der Waals surface area (Å²) >= 11 is 0. The summed E-state index contributed by atoms with van der Waals surface area (Å²) < 4.78 is 83.7. The lowest BCUT2D eigenvalue weighted by Crippen LogP contribution is -2.61. The molecule has 6 rings (SSSR count). The molecule has 0 amide bonds. The molecule has 0 radical (unpaired) electrons. The zero-order valence-corrected chi connectivity index (χ0v) is 22.8. The number of nitriles is 1. The van der Waals surface area contributed by atoms with Crippen LogP contribution in [0.3, 0.4) is 0 Å². The number of benzene rings is 4. The molecule has 0 bridgehead atoms. The lowest BCUT2D eigenvalue weighted by atomic mass is 9.77. The van der Waals surface area contributed by atoms with E-state index in [9.17, 15) is 27.2 Å². The zero-order chi connectivity index (χ0) is 30.1. The van der Waals surface area contributed by atoms with Crippen LogP contribution in [0.2, 0.25) is 0 Å². The van der Waals surface area contributed by atoms with E-state index >= 15 is 0 Å². The van der Waals surface area contributed by atoms with Crippen molar-refractivity contribution in [1.29, 1.82) is 5.26 Å². The molecule has 212 valence electrons. The van der Waals surface area contributed by atoms with Crippen LogP contribution in [0, 0.1) is 40.4 Å². The van der Waals surface area contributed by atoms with Gasteiger partial charge in [-0.05, 0) is 55.1 Å². The highest BCUT2D eigenvalue weighted by molar-refractivity contribution is 6.04. The first-order chi connectivity index (χ1) is 20.0. The molecule has 1 atom stereocenters. The van der Waals surface area contributed by atoms with E-state index in [4.69, 9.17) is 14.5 Å². The lowest BCUT2D eigenvalue weighted by molar-refractivity contribution is 0.0823. The molecular formula is C32H22F5N3O2. The Labute approximate surface area is 237 Å². The molecule has 2 aliphatic rings. The van der Waals surface area contributed by atoms with Gasteiger partial charge in [-0.3, -0.25) is 4.99 Å². The SMILES string of the molecule is COc1ccc2c(c1)C(C)(C)C1(C=Nc3c(c(C=C(C#N)c4c(F)c(F)c(F)c(F)c4F)cc4ccccc34)O1)N2C. The minimum Gasteiger partial charge on any atom is -0.497 e. The maximum absolute atomic E-state index is 14.8. The van der Waals surface area contributed by atoms with Crippen molar-refractivity contribution in [1.82, 2.24) is 0 Å². The van der Waals surface area contributed by atoms with Crippen molar-refractivity contribution in [2.24, 2.45) is 4.99 Å².